The van der Waals surface area contributed by atoms with Gasteiger partial charge in [-0.15, -0.1) is 0 Å². The van der Waals surface area contributed by atoms with E-state index in [2.05, 4.69) is 9.97 Å². The third-order valence-electron chi connectivity index (χ3n) is 4.24. The summed E-state index contributed by atoms with van der Waals surface area (Å²) in [4.78, 5) is 8.03. The lowest BCUT2D eigenvalue weighted by molar-refractivity contribution is -0.149. The number of aryl methyl sites for hydroxylation is 1. The van der Waals surface area contributed by atoms with E-state index in [-0.39, 0.29) is 5.15 Å². The number of rotatable bonds is 2. The van der Waals surface area contributed by atoms with Crippen LogP contribution in [0.4, 0.5) is 0 Å². The third kappa shape index (κ3) is 2.68. The van der Waals surface area contributed by atoms with E-state index < -0.39 is 43.4 Å². The highest BCUT2D eigenvalue weighted by atomic mass is 35.5. The van der Waals surface area contributed by atoms with Crippen LogP contribution in [0.2, 0.25) is 5.15 Å². The molecule has 0 aliphatic carbocycles. The van der Waals surface area contributed by atoms with E-state index in [9.17, 15) is 25.5 Å². The lowest BCUT2D eigenvalue weighted by Gasteiger charge is -2.27. The Kier molecular flexibility index (Phi) is 4.76. The van der Waals surface area contributed by atoms with Gasteiger partial charge >= 0.3 is 0 Å². The van der Waals surface area contributed by atoms with E-state index in [0.717, 1.165) is 0 Å². The summed E-state index contributed by atoms with van der Waals surface area (Å²) in [5.74, 6) is 0. The molecular formula is C14H18ClN3O6. The molecule has 3 rings (SSSR count). The molecule has 0 bridgehead atoms. The topological polar surface area (TPSA) is 141 Å². The Morgan fingerprint density at radius 1 is 1.12 bits per heavy atom. The fraction of sp³-hybridized carbons (Fsp3) is 0.571. The summed E-state index contributed by atoms with van der Waals surface area (Å²) in [6, 6.07) is 0. The predicted octanol–water partition coefficient (Wildman–Crippen LogP) is -1.27. The molecule has 9 nitrogen and oxygen atoms in total. The van der Waals surface area contributed by atoms with Gasteiger partial charge in [-0.2, -0.15) is 0 Å². The van der Waals surface area contributed by atoms with Crippen LogP contribution in [-0.4, -0.2) is 77.2 Å². The van der Waals surface area contributed by atoms with Gasteiger partial charge in [0.15, 0.2) is 6.23 Å². The lowest BCUT2D eigenvalue weighted by Crippen LogP contribution is -2.47. The second kappa shape index (κ2) is 6.52. The molecular weight excluding hydrogens is 342 g/mol. The van der Waals surface area contributed by atoms with Gasteiger partial charge in [0.2, 0.25) is 0 Å². The Balaban J connectivity index is 2.12. The molecule has 1 aliphatic heterocycles. The third-order valence-corrected chi connectivity index (χ3v) is 4.53. The Morgan fingerprint density at radius 3 is 2.46 bits per heavy atom. The number of halogens is 1. The van der Waals surface area contributed by atoms with Crippen molar-refractivity contribution in [2.75, 3.05) is 6.61 Å². The van der Waals surface area contributed by atoms with Gasteiger partial charge in [0.25, 0.3) is 0 Å². The van der Waals surface area contributed by atoms with Crippen LogP contribution in [-0.2, 0) is 4.74 Å². The summed E-state index contributed by atoms with van der Waals surface area (Å²) in [6.07, 6.45) is -6.06. The monoisotopic (exact) mass is 359 g/mol. The number of aliphatic hydroxyl groups excluding tert-OH is 5. The fourth-order valence-electron chi connectivity index (χ4n) is 2.93. The fourth-order valence-corrected chi connectivity index (χ4v) is 3.21. The number of fused-ring (bicyclic) bond motifs is 1. The van der Waals surface area contributed by atoms with E-state index in [1.54, 1.807) is 13.1 Å². The van der Waals surface area contributed by atoms with Crippen molar-refractivity contribution in [1.29, 1.82) is 0 Å². The highest BCUT2D eigenvalue weighted by Crippen LogP contribution is 2.33. The Hall–Kier alpha value is -1.33. The van der Waals surface area contributed by atoms with Crippen molar-refractivity contribution in [2.45, 2.75) is 43.7 Å². The molecule has 2 aromatic heterocycles. The normalized spacial score (nSPS) is 34.5. The van der Waals surface area contributed by atoms with Gasteiger partial charge in [-0.25, -0.2) is 9.97 Å². The van der Waals surface area contributed by atoms with E-state index in [1.807, 2.05) is 0 Å². The quantitative estimate of drug-likeness (QED) is 0.418. The standard InChI is InChI=1S/C14H18ClN3O6/c1-5-2-18(13-7(5)12(15)16-4-17-13)14-11(23)10(22)9(21)8(20)6(3-19)24-14/h2,4,6,8-11,14,19-23H,3H2,1H3/t6-,8-,9+,10-,11-,14-/m1/s1. The molecule has 0 unspecified atom stereocenters. The van der Waals surface area contributed by atoms with E-state index >= 15 is 0 Å². The molecule has 132 valence electrons. The van der Waals surface area contributed by atoms with Crippen LogP contribution in [0.15, 0.2) is 12.5 Å². The minimum Gasteiger partial charge on any atom is -0.394 e. The number of hydrogen-bond acceptors (Lipinski definition) is 8. The van der Waals surface area contributed by atoms with Gasteiger partial charge in [-0.1, -0.05) is 11.6 Å². The molecule has 0 radical (unpaired) electrons. The molecule has 5 N–H and O–H groups in total. The van der Waals surface area contributed by atoms with Crippen LogP contribution in [0.25, 0.3) is 11.0 Å². The van der Waals surface area contributed by atoms with Crippen LogP contribution in [0.5, 0.6) is 0 Å². The smallest absolute Gasteiger partial charge is 0.164 e. The molecule has 0 saturated carbocycles. The van der Waals surface area contributed by atoms with E-state index in [1.165, 1.54) is 10.9 Å². The van der Waals surface area contributed by atoms with Gasteiger partial charge in [0, 0.05) is 6.20 Å². The Labute approximate surface area is 141 Å². The van der Waals surface area contributed by atoms with Gasteiger partial charge < -0.3 is 34.8 Å². The van der Waals surface area contributed by atoms with Crippen LogP contribution < -0.4 is 0 Å². The van der Waals surface area contributed by atoms with Crippen molar-refractivity contribution in [3.05, 3.63) is 23.2 Å². The zero-order valence-electron chi connectivity index (χ0n) is 12.7. The molecule has 0 aromatic carbocycles. The van der Waals surface area contributed by atoms with Gasteiger partial charge in [0.1, 0.15) is 47.6 Å². The second-order valence-corrected chi connectivity index (χ2v) is 6.15. The molecule has 1 saturated heterocycles. The summed E-state index contributed by atoms with van der Waals surface area (Å²) in [5.41, 5.74) is 1.07. The number of nitrogens with zero attached hydrogens (tertiary/aromatic N) is 3. The highest BCUT2D eigenvalue weighted by Gasteiger charge is 2.45. The zero-order valence-corrected chi connectivity index (χ0v) is 13.4. The Morgan fingerprint density at radius 2 is 1.79 bits per heavy atom. The first-order chi connectivity index (χ1) is 11.4. The maximum atomic E-state index is 10.4. The van der Waals surface area contributed by atoms with Gasteiger partial charge in [0.05, 0.1) is 12.0 Å². The SMILES string of the molecule is Cc1cn([C@@H]2O[C@H](CO)[C@@H](O)[C@H](O)[C@@H](O)[C@H]2O)c2ncnc(Cl)c12. The van der Waals surface area contributed by atoms with Crippen molar-refractivity contribution >= 4 is 22.6 Å². The average molecular weight is 360 g/mol. The summed E-state index contributed by atoms with van der Waals surface area (Å²) < 4.78 is 6.99. The summed E-state index contributed by atoms with van der Waals surface area (Å²) >= 11 is 6.08. The van der Waals surface area contributed by atoms with Crippen molar-refractivity contribution < 1.29 is 30.3 Å². The number of aliphatic hydroxyl groups is 5. The van der Waals surface area contributed by atoms with Crippen LogP contribution >= 0.6 is 11.6 Å². The summed E-state index contributed by atoms with van der Waals surface area (Å²) in [7, 11) is 0. The van der Waals surface area contributed by atoms with E-state index in [0.29, 0.717) is 16.6 Å². The largest absolute Gasteiger partial charge is 0.394 e. The number of hydrogen-bond donors (Lipinski definition) is 5. The van der Waals surface area contributed by atoms with Gasteiger partial charge in [-0.3, -0.25) is 0 Å². The molecule has 3 heterocycles. The number of ether oxygens (including phenoxy) is 1. The average Bonchev–Trinajstić information content (AvgIpc) is 2.88. The Bertz CT molecular complexity index is 739. The summed E-state index contributed by atoms with van der Waals surface area (Å²) in [5, 5.41) is 50.5. The molecule has 2 aromatic rings. The first-order valence-electron chi connectivity index (χ1n) is 7.33. The first-order valence-corrected chi connectivity index (χ1v) is 7.70. The van der Waals surface area contributed by atoms with Crippen LogP contribution in [0.3, 0.4) is 0 Å². The van der Waals surface area contributed by atoms with Gasteiger partial charge in [-0.05, 0) is 12.5 Å². The van der Waals surface area contributed by atoms with E-state index in [4.69, 9.17) is 16.3 Å². The van der Waals surface area contributed by atoms with Crippen molar-refractivity contribution in [3.63, 3.8) is 0 Å². The van der Waals surface area contributed by atoms with Crippen molar-refractivity contribution in [2.24, 2.45) is 0 Å². The molecule has 6 atom stereocenters. The molecule has 24 heavy (non-hydrogen) atoms. The minimum atomic E-state index is -1.68. The van der Waals surface area contributed by atoms with Crippen molar-refractivity contribution in [3.8, 4) is 0 Å². The molecule has 0 spiro atoms. The van der Waals surface area contributed by atoms with Crippen LogP contribution in [0.1, 0.15) is 11.8 Å². The minimum absolute atomic E-state index is 0.221. The first kappa shape index (κ1) is 17.5. The molecule has 1 aliphatic rings. The number of aromatic nitrogens is 3. The summed E-state index contributed by atoms with van der Waals surface area (Å²) in [6.45, 7) is 1.16. The maximum Gasteiger partial charge on any atom is 0.164 e. The predicted molar refractivity (Wildman–Crippen MR) is 82.3 cm³/mol. The molecule has 10 heteroatoms. The van der Waals surface area contributed by atoms with Crippen molar-refractivity contribution in [1.82, 2.24) is 14.5 Å². The zero-order chi connectivity index (χ0) is 17.6. The molecule has 0 amide bonds. The van der Waals surface area contributed by atoms with Crippen LogP contribution in [0, 0.1) is 6.92 Å². The highest BCUT2D eigenvalue weighted by molar-refractivity contribution is 6.34. The lowest BCUT2D eigenvalue weighted by atomic mass is 10.0. The maximum absolute atomic E-state index is 10.4. The second-order valence-electron chi connectivity index (χ2n) is 5.79. The molecule has 1 fully saturated rings.